The zero-order chi connectivity index (χ0) is 6.62. The molecule has 0 fully saturated rings. The minimum absolute atomic E-state index is 0.802. The van der Waals surface area contributed by atoms with Crippen LogP contribution in [-0.4, -0.2) is 39.0 Å². The highest BCUT2D eigenvalue weighted by Crippen LogP contribution is 1.88. The Hall–Kier alpha value is -0.0800. The zero-order valence-electron chi connectivity index (χ0n) is 6.27. The normalized spacial score (nSPS) is 12.0. The van der Waals surface area contributed by atoms with Gasteiger partial charge in [-0.1, -0.05) is 0 Å². The van der Waals surface area contributed by atoms with E-state index in [0.717, 1.165) is 17.8 Å². The van der Waals surface area contributed by atoms with Gasteiger partial charge in [0.25, 0.3) is 0 Å². The number of hydrogen-bond donors (Lipinski definition) is 0. The standard InChI is InChI=1S/C6H16NO/c1-5-8-6-7(2,3)4/h5-6H2,1-4H3/q+1. The van der Waals surface area contributed by atoms with Gasteiger partial charge in [0.2, 0.25) is 0 Å². The SMILES string of the molecule is CCOC[N+](C)(C)C. The summed E-state index contributed by atoms with van der Waals surface area (Å²) in [6, 6.07) is 0. The molecule has 0 unspecified atom stereocenters. The first kappa shape index (κ1) is 7.92. The van der Waals surface area contributed by atoms with E-state index in [1.807, 2.05) is 6.92 Å². The van der Waals surface area contributed by atoms with Crippen LogP contribution < -0.4 is 0 Å². The molecular weight excluding hydrogens is 102 g/mol. The van der Waals surface area contributed by atoms with Crippen molar-refractivity contribution < 1.29 is 9.22 Å². The van der Waals surface area contributed by atoms with Gasteiger partial charge < -0.3 is 9.22 Å². The Morgan fingerprint density at radius 1 is 1.25 bits per heavy atom. The predicted molar refractivity (Wildman–Crippen MR) is 34.5 cm³/mol. The van der Waals surface area contributed by atoms with Gasteiger partial charge in [0, 0.05) is 6.61 Å². The van der Waals surface area contributed by atoms with Crippen LogP contribution in [0.1, 0.15) is 6.92 Å². The van der Waals surface area contributed by atoms with E-state index in [2.05, 4.69) is 21.1 Å². The van der Waals surface area contributed by atoms with Gasteiger partial charge >= 0.3 is 0 Å². The third kappa shape index (κ3) is 5.92. The van der Waals surface area contributed by atoms with Crippen LogP contribution in [0.4, 0.5) is 0 Å². The van der Waals surface area contributed by atoms with Crippen LogP contribution in [0.25, 0.3) is 0 Å². The fourth-order valence-corrected chi connectivity index (χ4v) is 0.365. The van der Waals surface area contributed by atoms with E-state index in [1.165, 1.54) is 0 Å². The Labute approximate surface area is 51.6 Å². The second kappa shape index (κ2) is 3.05. The highest BCUT2D eigenvalue weighted by atomic mass is 16.5. The van der Waals surface area contributed by atoms with Crippen molar-refractivity contribution in [1.82, 2.24) is 0 Å². The molecule has 2 heteroatoms. The molecule has 0 aliphatic heterocycles. The third-order valence-corrected chi connectivity index (χ3v) is 0.683. The van der Waals surface area contributed by atoms with Crippen LogP contribution >= 0.6 is 0 Å². The van der Waals surface area contributed by atoms with Gasteiger partial charge in [0.15, 0.2) is 6.73 Å². The van der Waals surface area contributed by atoms with Gasteiger partial charge in [0.1, 0.15) is 0 Å². The first-order valence-corrected chi connectivity index (χ1v) is 2.94. The summed E-state index contributed by atoms with van der Waals surface area (Å²) >= 11 is 0. The van der Waals surface area contributed by atoms with E-state index in [4.69, 9.17) is 4.74 Å². The summed E-state index contributed by atoms with van der Waals surface area (Å²) in [5.74, 6) is 0. The molecule has 0 aliphatic rings. The summed E-state index contributed by atoms with van der Waals surface area (Å²) in [7, 11) is 6.32. The maximum Gasteiger partial charge on any atom is 0.182 e. The third-order valence-electron chi connectivity index (χ3n) is 0.683. The molecule has 0 aliphatic carbocycles. The van der Waals surface area contributed by atoms with Gasteiger partial charge in [-0.3, -0.25) is 0 Å². The highest BCUT2D eigenvalue weighted by molar-refractivity contribution is 4.07. The second-order valence-corrected chi connectivity index (χ2v) is 2.91. The average molecular weight is 118 g/mol. The van der Waals surface area contributed by atoms with Gasteiger partial charge in [-0.2, -0.15) is 0 Å². The van der Waals surface area contributed by atoms with Crippen LogP contribution in [0, 0.1) is 0 Å². The van der Waals surface area contributed by atoms with Gasteiger partial charge in [0.05, 0.1) is 21.1 Å². The molecule has 0 N–H and O–H groups in total. The highest BCUT2D eigenvalue weighted by Gasteiger charge is 2.03. The largest absolute Gasteiger partial charge is 0.332 e. The molecule has 0 aromatic heterocycles. The molecule has 0 amide bonds. The van der Waals surface area contributed by atoms with E-state index >= 15 is 0 Å². The fourth-order valence-electron chi connectivity index (χ4n) is 0.365. The number of quaternary nitrogens is 1. The summed E-state index contributed by atoms with van der Waals surface area (Å²) in [5.41, 5.74) is 0. The van der Waals surface area contributed by atoms with Crippen molar-refractivity contribution in [3.63, 3.8) is 0 Å². The molecule has 0 bridgehead atoms. The minimum atomic E-state index is 0.802. The molecule has 0 aromatic carbocycles. The van der Waals surface area contributed by atoms with Gasteiger partial charge in [-0.15, -0.1) is 0 Å². The molecular formula is C6H16NO+. The molecule has 8 heavy (non-hydrogen) atoms. The first-order valence-electron chi connectivity index (χ1n) is 2.94. The predicted octanol–water partition coefficient (Wildman–Crippen LogP) is 0.687. The zero-order valence-corrected chi connectivity index (χ0v) is 6.27. The topological polar surface area (TPSA) is 9.23 Å². The second-order valence-electron chi connectivity index (χ2n) is 2.91. The Morgan fingerprint density at radius 2 is 1.75 bits per heavy atom. The lowest BCUT2D eigenvalue weighted by Crippen LogP contribution is -2.36. The van der Waals surface area contributed by atoms with Crippen molar-refractivity contribution in [2.75, 3.05) is 34.5 Å². The molecule has 50 valence electrons. The molecule has 0 spiro atoms. The van der Waals surface area contributed by atoms with Crippen molar-refractivity contribution in [3.8, 4) is 0 Å². The molecule has 0 rings (SSSR count). The molecule has 0 saturated carbocycles. The van der Waals surface area contributed by atoms with E-state index in [0.29, 0.717) is 0 Å². The number of ether oxygens (including phenoxy) is 1. The number of rotatable bonds is 3. The molecule has 0 atom stereocenters. The van der Waals surface area contributed by atoms with Crippen LogP contribution in [0.5, 0.6) is 0 Å². The Morgan fingerprint density at radius 3 is 1.88 bits per heavy atom. The summed E-state index contributed by atoms with van der Waals surface area (Å²) < 4.78 is 6.05. The summed E-state index contributed by atoms with van der Waals surface area (Å²) in [6.07, 6.45) is 0. The van der Waals surface area contributed by atoms with Crippen LogP contribution in [0.15, 0.2) is 0 Å². The van der Waals surface area contributed by atoms with Crippen molar-refractivity contribution >= 4 is 0 Å². The molecule has 0 aromatic rings. The van der Waals surface area contributed by atoms with E-state index < -0.39 is 0 Å². The van der Waals surface area contributed by atoms with Gasteiger partial charge in [-0.05, 0) is 6.92 Å². The van der Waals surface area contributed by atoms with Crippen LogP contribution in [-0.2, 0) is 4.74 Å². The van der Waals surface area contributed by atoms with Crippen molar-refractivity contribution in [3.05, 3.63) is 0 Å². The Kier molecular flexibility index (Phi) is 3.02. The summed E-state index contributed by atoms with van der Waals surface area (Å²) in [6.45, 7) is 3.63. The van der Waals surface area contributed by atoms with Crippen LogP contribution in [0.2, 0.25) is 0 Å². The molecule has 0 radical (unpaired) electrons. The lowest BCUT2D eigenvalue weighted by molar-refractivity contribution is -0.890. The van der Waals surface area contributed by atoms with Crippen molar-refractivity contribution in [2.45, 2.75) is 6.92 Å². The van der Waals surface area contributed by atoms with E-state index in [-0.39, 0.29) is 0 Å². The molecule has 0 heterocycles. The maximum absolute atomic E-state index is 5.17. The fraction of sp³-hybridized carbons (Fsp3) is 1.00. The lowest BCUT2D eigenvalue weighted by atomic mass is 10.7. The Bertz CT molecular complexity index is 56.0. The van der Waals surface area contributed by atoms with Gasteiger partial charge in [-0.25, -0.2) is 0 Å². The quantitative estimate of drug-likeness (QED) is 0.391. The van der Waals surface area contributed by atoms with Crippen molar-refractivity contribution in [2.24, 2.45) is 0 Å². The molecule has 2 nitrogen and oxygen atoms in total. The number of nitrogens with zero attached hydrogens (tertiary/aromatic N) is 1. The van der Waals surface area contributed by atoms with Crippen LogP contribution in [0.3, 0.4) is 0 Å². The average Bonchev–Trinajstić information content (AvgIpc) is 1.59. The summed E-state index contributed by atoms with van der Waals surface area (Å²) in [5, 5.41) is 0. The number of hydrogen-bond acceptors (Lipinski definition) is 1. The molecule has 0 saturated heterocycles. The Balaban J connectivity index is 3.11. The van der Waals surface area contributed by atoms with E-state index in [9.17, 15) is 0 Å². The minimum Gasteiger partial charge on any atom is -0.332 e. The smallest absolute Gasteiger partial charge is 0.182 e. The maximum atomic E-state index is 5.17. The monoisotopic (exact) mass is 118 g/mol. The summed E-state index contributed by atoms with van der Waals surface area (Å²) in [4.78, 5) is 0. The van der Waals surface area contributed by atoms with E-state index in [1.54, 1.807) is 0 Å². The van der Waals surface area contributed by atoms with Crippen molar-refractivity contribution in [1.29, 1.82) is 0 Å². The first-order chi connectivity index (χ1) is 3.56. The lowest BCUT2D eigenvalue weighted by Gasteiger charge is -2.22.